The monoisotopic (exact) mass is 221 g/mol. The van der Waals surface area contributed by atoms with Gasteiger partial charge in [0, 0.05) is 15.9 Å². The lowest BCUT2D eigenvalue weighted by Gasteiger charge is -2.00. The number of ether oxygens (including phenoxy) is 1. The zero-order valence-electron chi connectivity index (χ0n) is 6.37. The van der Waals surface area contributed by atoms with Crippen LogP contribution in [0.5, 0.6) is 5.75 Å². The second-order valence-corrected chi connectivity index (χ2v) is 4.11. The van der Waals surface area contributed by atoms with Crippen molar-refractivity contribution in [3.05, 3.63) is 18.2 Å². The number of methoxy groups -OCH3 is 1. The first-order valence-corrected chi connectivity index (χ1v) is 5.33. The number of anilines is 1. The summed E-state index contributed by atoms with van der Waals surface area (Å²) in [5.41, 5.74) is 1.18. The Morgan fingerprint density at radius 1 is 1.42 bits per heavy atom. The Morgan fingerprint density at radius 2 is 2.25 bits per heavy atom. The maximum absolute atomic E-state index is 5.09. The van der Waals surface area contributed by atoms with Crippen LogP contribution in [-0.4, -0.2) is 7.11 Å². The van der Waals surface area contributed by atoms with E-state index >= 15 is 0 Å². The van der Waals surface area contributed by atoms with Crippen molar-refractivity contribution in [2.24, 2.45) is 0 Å². The Balaban J connectivity index is 0.000000720. The number of halogens is 1. The second kappa shape index (κ2) is 4.16. The molecule has 2 nitrogen and oxygen atoms in total. The van der Waals surface area contributed by atoms with Crippen molar-refractivity contribution in [2.45, 2.75) is 4.90 Å². The summed E-state index contributed by atoms with van der Waals surface area (Å²) in [5.74, 6) is 0.917. The van der Waals surface area contributed by atoms with Crippen molar-refractivity contribution in [3.8, 4) is 5.75 Å². The topological polar surface area (TPSA) is 21.3 Å². The summed E-state index contributed by atoms with van der Waals surface area (Å²) in [6.45, 7) is 0. The van der Waals surface area contributed by atoms with Gasteiger partial charge < -0.3 is 9.46 Å². The van der Waals surface area contributed by atoms with Crippen LogP contribution in [0, 0.1) is 0 Å². The molecular formula is C7H8ClNOS2. The normalized spacial score (nSPS) is 12.8. The zero-order valence-corrected chi connectivity index (χ0v) is 8.81. The van der Waals surface area contributed by atoms with E-state index in [1.165, 1.54) is 10.6 Å². The molecule has 12 heavy (non-hydrogen) atoms. The van der Waals surface area contributed by atoms with E-state index in [4.69, 9.17) is 4.74 Å². The highest BCUT2D eigenvalue weighted by Crippen LogP contribution is 2.45. The fraction of sp³-hybridized carbons (Fsp3) is 0.143. The van der Waals surface area contributed by atoms with E-state index in [0.29, 0.717) is 0 Å². The highest BCUT2D eigenvalue weighted by molar-refractivity contribution is 8.77. The van der Waals surface area contributed by atoms with Gasteiger partial charge in [-0.25, -0.2) is 0 Å². The van der Waals surface area contributed by atoms with Gasteiger partial charge in [0.15, 0.2) is 0 Å². The van der Waals surface area contributed by atoms with E-state index in [1.54, 1.807) is 28.9 Å². The van der Waals surface area contributed by atoms with Gasteiger partial charge in [-0.2, -0.15) is 0 Å². The molecule has 0 saturated heterocycles. The molecule has 0 saturated carbocycles. The minimum absolute atomic E-state index is 0. The fourth-order valence-electron chi connectivity index (χ4n) is 0.894. The van der Waals surface area contributed by atoms with Crippen LogP contribution in [0.2, 0.25) is 0 Å². The molecule has 0 atom stereocenters. The molecular weight excluding hydrogens is 214 g/mol. The number of hydrogen-bond acceptors (Lipinski definition) is 4. The molecule has 1 N–H and O–H groups in total. The van der Waals surface area contributed by atoms with Crippen molar-refractivity contribution >= 4 is 39.9 Å². The van der Waals surface area contributed by atoms with Crippen LogP contribution >= 0.6 is 34.2 Å². The maximum atomic E-state index is 5.09. The third-order valence-corrected chi connectivity index (χ3v) is 3.41. The van der Waals surface area contributed by atoms with E-state index in [0.717, 1.165) is 5.75 Å². The molecule has 1 heterocycles. The third-order valence-electron chi connectivity index (χ3n) is 1.47. The summed E-state index contributed by atoms with van der Waals surface area (Å²) in [7, 11) is 5.04. The molecule has 1 aliphatic heterocycles. The van der Waals surface area contributed by atoms with Crippen molar-refractivity contribution in [1.29, 1.82) is 0 Å². The lowest BCUT2D eigenvalue weighted by Crippen LogP contribution is -1.83. The van der Waals surface area contributed by atoms with Crippen LogP contribution in [0.4, 0.5) is 5.69 Å². The number of nitrogens with one attached hydrogen (secondary N) is 1. The summed E-state index contributed by atoms with van der Waals surface area (Å²) in [5, 5.41) is 0. The van der Waals surface area contributed by atoms with E-state index in [1.807, 2.05) is 18.2 Å². The molecule has 0 spiro atoms. The van der Waals surface area contributed by atoms with Crippen LogP contribution in [0.3, 0.4) is 0 Å². The molecule has 0 bridgehead atoms. The van der Waals surface area contributed by atoms with Crippen molar-refractivity contribution < 1.29 is 4.74 Å². The zero-order chi connectivity index (χ0) is 7.68. The van der Waals surface area contributed by atoms with E-state index in [-0.39, 0.29) is 12.4 Å². The van der Waals surface area contributed by atoms with Crippen LogP contribution < -0.4 is 9.46 Å². The predicted molar refractivity (Wildman–Crippen MR) is 57.3 cm³/mol. The van der Waals surface area contributed by atoms with Crippen LogP contribution in [0.15, 0.2) is 23.1 Å². The number of fused-ring (bicyclic) bond motifs is 1. The van der Waals surface area contributed by atoms with Gasteiger partial charge >= 0.3 is 0 Å². The number of rotatable bonds is 1. The summed E-state index contributed by atoms with van der Waals surface area (Å²) < 4.78 is 8.26. The van der Waals surface area contributed by atoms with Gasteiger partial charge in [0.05, 0.1) is 12.8 Å². The largest absolute Gasteiger partial charge is 0.497 e. The molecule has 1 aromatic carbocycles. The average Bonchev–Trinajstić information content (AvgIpc) is 2.50. The summed E-state index contributed by atoms with van der Waals surface area (Å²) in [4.78, 5) is 1.24. The van der Waals surface area contributed by atoms with Gasteiger partial charge in [-0.3, -0.25) is 0 Å². The summed E-state index contributed by atoms with van der Waals surface area (Å²) >= 11 is 0. The first kappa shape index (κ1) is 9.89. The van der Waals surface area contributed by atoms with Crippen LogP contribution in [0.25, 0.3) is 0 Å². The minimum Gasteiger partial charge on any atom is -0.497 e. The average molecular weight is 222 g/mol. The maximum Gasteiger partial charge on any atom is 0.120 e. The SMILES string of the molecule is COc1ccc2c(c1)SSN2.Cl. The predicted octanol–water partition coefficient (Wildman–Crippen LogP) is 3.20. The highest BCUT2D eigenvalue weighted by atomic mass is 35.5. The smallest absolute Gasteiger partial charge is 0.120 e. The quantitative estimate of drug-likeness (QED) is 0.581. The van der Waals surface area contributed by atoms with E-state index < -0.39 is 0 Å². The Morgan fingerprint density at radius 3 is 3.00 bits per heavy atom. The summed E-state index contributed by atoms with van der Waals surface area (Å²) in [6, 6.07) is 6.02. The molecule has 1 aromatic rings. The van der Waals surface area contributed by atoms with Gasteiger partial charge in [-0.1, -0.05) is 0 Å². The molecule has 0 aromatic heterocycles. The van der Waals surface area contributed by atoms with Crippen LogP contribution in [0.1, 0.15) is 0 Å². The summed E-state index contributed by atoms with van der Waals surface area (Å²) in [6.07, 6.45) is 0. The Kier molecular flexibility index (Phi) is 3.43. The molecule has 2 rings (SSSR count). The minimum atomic E-state index is 0. The molecule has 0 unspecified atom stereocenters. The molecule has 0 fully saturated rings. The van der Waals surface area contributed by atoms with Crippen molar-refractivity contribution in [2.75, 3.05) is 11.8 Å². The molecule has 1 aliphatic rings. The molecule has 0 amide bonds. The molecule has 0 aliphatic carbocycles. The van der Waals surface area contributed by atoms with Gasteiger partial charge in [0.25, 0.3) is 0 Å². The standard InChI is InChI=1S/C7H7NOS2.ClH/c1-9-5-2-3-6-7(4-5)10-11-8-6;/h2-4,8H,1H3;1H. The lowest BCUT2D eigenvalue weighted by atomic mass is 10.3. The van der Waals surface area contributed by atoms with Gasteiger partial charge in [-0.15, -0.1) is 12.4 Å². The number of benzene rings is 1. The van der Waals surface area contributed by atoms with Crippen LogP contribution in [-0.2, 0) is 0 Å². The molecule has 66 valence electrons. The highest BCUT2D eigenvalue weighted by Gasteiger charge is 2.11. The molecule has 0 radical (unpaired) electrons. The lowest BCUT2D eigenvalue weighted by molar-refractivity contribution is 0.414. The van der Waals surface area contributed by atoms with Gasteiger partial charge in [-0.05, 0) is 29.0 Å². The fourth-order valence-corrected chi connectivity index (χ4v) is 2.81. The van der Waals surface area contributed by atoms with Crippen molar-refractivity contribution in [3.63, 3.8) is 0 Å². The van der Waals surface area contributed by atoms with Gasteiger partial charge in [0.1, 0.15) is 5.75 Å². The van der Waals surface area contributed by atoms with E-state index in [2.05, 4.69) is 4.72 Å². The third kappa shape index (κ3) is 1.76. The van der Waals surface area contributed by atoms with Gasteiger partial charge in [0.2, 0.25) is 0 Å². The van der Waals surface area contributed by atoms with E-state index in [9.17, 15) is 0 Å². The Bertz CT molecular complexity index is 282. The Hall–Kier alpha value is -0.190. The second-order valence-electron chi connectivity index (χ2n) is 2.13. The molecule has 5 heteroatoms. The first-order valence-electron chi connectivity index (χ1n) is 3.18. The Labute approximate surface area is 85.4 Å². The van der Waals surface area contributed by atoms with Crippen molar-refractivity contribution in [1.82, 2.24) is 0 Å². The number of hydrogen-bond donors (Lipinski definition) is 1. The first-order chi connectivity index (χ1) is 5.40.